The summed E-state index contributed by atoms with van der Waals surface area (Å²) in [7, 11) is 0. The minimum Gasteiger partial charge on any atom is -0.290 e. The topological polar surface area (TPSA) is 90.0 Å². The van der Waals surface area contributed by atoms with Crippen LogP contribution >= 0.6 is 0 Å². The van der Waals surface area contributed by atoms with E-state index < -0.39 is 11.5 Å². The first-order valence-corrected chi connectivity index (χ1v) is 5.44. The van der Waals surface area contributed by atoms with Crippen molar-refractivity contribution in [2.24, 2.45) is 5.84 Å². The van der Waals surface area contributed by atoms with Gasteiger partial charge < -0.3 is 0 Å². The Bertz CT molecular complexity index is 485. The maximum atomic E-state index is 11.9. The third-order valence-electron chi connectivity index (χ3n) is 2.42. The average molecular weight is 238 g/mol. The van der Waals surface area contributed by atoms with Gasteiger partial charge in [-0.05, 0) is 13.0 Å². The summed E-state index contributed by atoms with van der Waals surface area (Å²) in [4.78, 5) is 23.4. The predicted molar refractivity (Wildman–Crippen MR) is 64.5 cm³/mol. The Morgan fingerprint density at radius 3 is 2.53 bits per heavy atom. The molecule has 0 fully saturated rings. The molecule has 0 bridgehead atoms. The van der Waals surface area contributed by atoms with E-state index >= 15 is 0 Å². The van der Waals surface area contributed by atoms with Crippen LogP contribution in [0.2, 0.25) is 0 Å². The van der Waals surface area contributed by atoms with Crippen LogP contribution in [0, 0.1) is 0 Å². The number of nitrogens with two attached hydrogens (primary N) is 1. The highest BCUT2D eigenvalue weighted by Crippen LogP contribution is 2.19. The summed E-state index contributed by atoms with van der Waals surface area (Å²) in [5.41, 5.74) is 2.00. The second-order valence-corrected chi connectivity index (χ2v) is 4.79. The number of hydrogen-bond donors (Lipinski definition) is 2. The fourth-order valence-electron chi connectivity index (χ4n) is 1.36. The summed E-state index contributed by atoms with van der Waals surface area (Å²) < 4.78 is 1.27. The predicted octanol–water partition coefficient (Wildman–Crippen LogP) is 0.164. The van der Waals surface area contributed by atoms with E-state index in [-0.39, 0.29) is 11.0 Å². The van der Waals surface area contributed by atoms with Crippen LogP contribution in [-0.2, 0) is 12.0 Å². The minimum absolute atomic E-state index is 0.0225. The lowest BCUT2D eigenvalue weighted by Crippen LogP contribution is -2.38. The van der Waals surface area contributed by atoms with Crippen LogP contribution < -0.4 is 16.8 Å². The molecule has 0 aromatic carbocycles. The largest absolute Gasteiger partial charge is 0.290 e. The smallest absolute Gasteiger partial charge is 0.279 e. The number of hydrogen-bond acceptors (Lipinski definition) is 4. The first-order chi connectivity index (χ1) is 7.81. The molecule has 1 aromatic heterocycles. The van der Waals surface area contributed by atoms with Crippen molar-refractivity contribution in [2.75, 3.05) is 0 Å². The molecule has 0 unspecified atom stereocenters. The van der Waals surface area contributed by atoms with Gasteiger partial charge in [0.2, 0.25) is 0 Å². The van der Waals surface area contributed by atoms with Crippen molar-refractivity contribution in [1.82, 2.24) is 15.2 Å². The number of carbonyl (C=O) groups excluding carboxylic acids is 1. The first kappa shape index (κ1) is 13.4. The van der Waals surface area contributed by atoms with Gasteiger partial charge in [0.15, 0.2) is 0 Å². The normalized spacial score (nSPS) is 11.4. The van der Waals surface area contributed by atoms with Crippen molar-refractivity contribution in [1.29, 1.82) is 0 Å². The highest BCUT2D eigenvalue weighted by Gasteiger charge is 2.21. The van der Waals surface area contributed by atoms with Crippen LogP contribution in [0.1, 0.15) is 43.7 Å². The second-order valence-electron chi connectivity index (χ2n) is 4.79. The third kappa shape index (κ3) is 2.71. The lowest BCUT2D eigenvalue weighted by atomic mass is 9.91. The zero-order chi connectivity index (χ0) is 13.2. The van der Waals surface area contributed by atoms with Gasteiger partial charge in [-0.25, -0.2) is 10.5 Å². The lowest BCUT2D eigenvalue weighted by molar-refractivity contribution is 0.0951. The van der Waals surface area contributed by atoms with E-state index in [0.29, 0.717) is 12.2 Å². The maximum absolute atomic E-state index is 11.9. The number of rotatable bonds is 2. The van der Waals surface area contributed by atoms with Gasteiger partial charge in [0.25, 0.3) is 11.5 Å². The Balaban J connectivity index is 3.50. The van der Waals surface area contributed by atoms with Gasteiger partial charge in [-0.3, -0.25) is 15.0 Å². The van der Waals surface area contributed by atoms with E-state index in [1.807, 2.05) is 26.2 Å². The molecule has 0 aliphatic carbocycles. The highest BCUT2D eigenvalue weighted by molar-refractivity contribution is 5.93. The SMILES string of the molecule is CCn1nc(C(C)(C)C)cc(C(=O)NN)c1=O. The van der Waals surface area contributed by atoms with Gasteiger partial charge in [0.05, 0.1) is 5.69 Å². The Hall–Kier alpha value is -1.69. The molecule has 6 heteroatoms. The molecule has 1 aromatic rings. The number of nitrogens with one attached hydrogen (secondary N) is 1. The molecular formula is C11H18N4O2. The van der Waals surface area contributed by atoms with Gasteiger partial charge >= 0.3 is 0 Å². The van der Waals surface area contributed by atoms with E-state index in [1.54, 1.807) is 6.92 Å². The average Bonchev–Trinajstić information content (AvgIpc) is 2.26. The van der Waals surface area contributed by atoms with Gasteiger partial charge in [-0.1, -0.05) is 20.8 Å². The standard InChI is InChI=1S/C11H18N4O2/c1-5-15-10(17)7(9(16)13-12)6-8(14-15)11(2,3)4/h6H,5,12H2,1-4H3,(H,13,16). The number of nitrogens with zero attached hydrogens (tertiary/aromatic N) is 2. The van der Waals surface area contributed by atoms with E-state index in [9.17, 15) is 9.59 Å². The molecule has 94 valence electrons. The summed E-state index contributed by atoms with van der Waals surface area (Å²) in [6, 6.07) is 1.50. The monoisotopic (exact) mass is 238 g/mol. The molecular weight excluding hydrogens is 220 g/mol. The van der Waals surface area contributed by atoms with Crippen molar-refractivity contribution < 1.29 is 4.79 Å². The van der Waals surface area contributed by atoms with Crippen LogP contribution in [0.15, 0.2) is 10.9 Å². The number of nitrogen functional groups attached to an aromatic ring is 1. The summed E-state index contributed by atoms with van der Waals surface area (Å²) in [6.45, 7) is 8.09. The molecule has 0 radical (unpaired) electrons. The Labute approximate surface area is 99.8 Å². The van der Waals surface area contributed by atoms with Crippen molar-refractivity contribution in [3.8, 4) is 0 Å². The van der Waals surface area contributed by atoms with E-state index in [4.69, 9.17) is 5.84 Å². The van der Waals surface area contributed by atoms with Crippen molar-refractivity contribution >= 4 is 5.91 Å². The van der Waals surface area contributed by atoms with E-state index in [0.717, 1.165) is 0 Å². The van der Waals surface area contributed by atoms with E-state index in [1.165, 1.54) is 10.7 Å². The Kier molecular flexibility index (Phi) is 3.67. The highest BCUT2D eigenvalue weighted by atomic mass is 16.2. The van der Waals surface area contributed by atoms with Crippen LogP contribution in [0.3, 0.4) is 0 Å². The zero-order valence-electron chi connectivity index (χ0n) is 10.6. The number of hydrazine groups is 1. The molecule has 0 saturated carbocycles. The third-order valence-corrected chi connectivity index (χ3v) is 2.42. The number of aromatic nitrogens is 2. The number of carbonyl (C=O) groups is 1. The minimum atomic E-state index is -0.592. The molecule has 1 amide bonds. The molecule has 0 aliphatic rings. The van der Waals surface area contributed by atoms with Gasteiger partial charge in [-0.2, -0.15) is 5.10 Å². The molecule has 0 atom stereocenters. The van der Waals surface area contributed by atoms with E-state index in [2.05, 4.69) is 5.10 Å². The fraction of sp³-hybridized carbons (Fsp3) is 0.545. The fourth-order valence-corrected chi connectivity index (χ4v) is 1.36. The molecule has 3 N–H and O–H groups in total. The second kappa shape index (κ2) is 4.67. The Morgan fingerprint density at radius 2 is 2.12 bits per heavy atom. The molecule has 6 nitrogen and oxygen atoms in total. The number of amides is 1. The lowest BCUT2D eigenvalue weighted by Gasteiger charge is -2.19. The maximum Gasteiger partial charge on any atom is 0.279 e. The van der Waals surface area contributed by atoms with Crippen molar-refractivity contribution in [3.63, 3.8) is 0 Å². The van der Waals surface area contributed by atoms with Crippen LogP contribution in [0.4, 0.5) is 0 Å². The number of aryl methyl sites for hydroxylation is 1. The molecule has 1 rings (SSSR count). The molecule has 17 heavy (non-hydrogen) atoms. The zero-order valence-corrected chi connectivity index (χ0v) is 10.6. The summed E-state index contributed by atoms with van der Waals surface area (Å²) >= 11 is 0. The molecule has 0 saturated heterocycles. The Morgan fingerprint density at radius 1 is 1.53 bits per heavy atom. The van der Waals surface area contributed by atoms with Crippen molar-refractivity contribution in [3.05, 3.63) is 27.7 Å². The molecule has 0 spiro atoms. The van der Waals surface area contributed by atoms with Crippen LogP contribution in [-0.4, -0.2) is 15.7 Å². The van der Waals surface area contributed by atoms with Crippen LogP contribution in [0.25, 0.3) is 0 Å². The first-order valence-electron chi connectivity index (χ1n) is 5.44. The summed E-state index contributed by atoms with van der Waals surface area (Å²) in [6.07, 6.45) is 0. The van der Waals surface area contributed by atoms with Crippen molar-refractivity contribution in [2.45, 2.75) is 39.7 Å². The summed E-state index contributed by atoms with van der Waals surface area (Å²) in [5.74, 6) is 4.46. The van der Waals surface area contributed by atoms with Gasteiger partial charge in [-0.15, -0.1) is 0 Å². The molecule has 1 heterocycles. The van der Waals surface area contributed by atoms with Gasteiger partial charge in [0.1, 0.15) is 5.56 Å². The summed E-state index contributed by atoms with van der Waals surface area (Å²) in [5, 5.41) is 4.22. The van der Waals surface area contributed by atoms with Gasteiger partial charge in [0, 0.05) is 12.0 Å². The molecule has 0 aliphatic heterocycles. The quantitative estimate of drug-likeness (QED) is 0.436. The van der Waals surface area contributed by atoms with Crippen LogP contribution in [0.5, 0.6) is 0 Å².